The summed E-state index contributed by atoms with van der Waals surface area (Å²) in [6.07, 6.45) is 0. The lowest BCUT2D eigenvalue weighted by Gasteiger charge is -2.13. The number of hydrogen-bond acceptors (Lipinski definition) is 5. The summed E-state index contributed by atoms with van der Waals surface area (Å²) in [6, 6.07) is 17.9. The van der Waals surface area contributed by atoms with Crippen molar-refractivity contribution in [2.75, 3.05) is 26.6 Å². The number of methoxy groups -OCH3 is 3. The zero-order valence-corrected chi connectivity index (χ0v) is 18.4. The summed E-state index contributed by atoms with van der Waals surface area (Å²) >= 11 is 2.11. The molecule has 0 unspecified atom stereocenters. The highest BCUT2D eigenvalue weighted by atomic mass is 127. The van der Waals surface area contributed by atoms with Crippen LogP contribution in [0.15, 0.2) is 60.7 Å². The minimum Gasteiger partial charge on any atom is -0.493 e. The Kier molecular flexibility index (Phi) is 6.82. The molecule has 3 aromatic rings. The molecule has 1 N–H and O–H groups in total. The second-order valence-corrected chi connectivity index (χ2v) is 7.09. The van der Waals surface area contributed by atoms with Crippen LogP contribution in [-0.4, -0.2) is 27.2 Å². The predicted molar refractivity (Wildman–Crippen MR) is 120 cm³/mol. The number of amides is 1. The summed E-state index contributed by atoms with van der Waals surface area (Å²) in [5.74, 6) is 2.75. The van der Waals surface area contributed by atoms with Gasteiger partial charge >= 0.3 is 0 Å². The van der Waals surface area contributed by atoms with Gasteiger partial charge in [0.1, 0.15) is 5.75 Å². The van der Waals surface area contributed by atoms with Crippen molar-refractivity contribution in [1.29, 1.82) is 0 Å². The number of carbonyl (C=O) groups excluding carboxylic acids is 1. The maximum absolute atomic E-state index is 12.6. The number of rotatable bonds is 7. The molecule has 7 heteroatoms. The fourth-order valence-corrected chi connectivity index (χ4v) is 3.51. The summed E-state index contributed by atoms with van der Waals surface area (Å²) in [7, 11) is 4.70. The minimum absolute atomic E-state index is 0.248. The summed E-state index contributed by atoms with van der Waals surface area (Å²) in [5.41, 5.74) is 1.12. The molecule has 0 aliphatic rings. The standard InChI is InChI=1S/C22H20INO5/c1-26-18-6-4-5-7-19(18)29-16-10-8-15(9-11-16)24-22(25)14-12-17(23)21(28-3)20(13-14)27-2/h4-13H,1-3H3,(H,24,25). The monoisotopic (exact) mass is 505 g/mol. The smallest absolute Gasteiger partial charge is 0.255 e. The van der Waals surface area contributed by atoms with Crippen LogP contribution in [0, 0.1) is 3.57 Å². The number of carbonyl (C=O) groups is 1. The molecular formula is C22H20INO5. The van der Waals surface area contributed by atoms with Crippen LogP contribution in [0.1, 0.15) is 10.4 Å². The van der Waals surface area contributed by atoms with Gasteiger partial charge < -0.3 is 24.3 Å². The van der Waals surface area contributed by atoms with Crippen LogP contribution in [0.25, 0.3) is 0 Å². The fourth-order valence-electron chi connectivity index (χ4n) is 2.69. The van der Waals surface area contributed by atoms with Crippen LogP contribution in [0.4, 0.5) is 5.69 Å². The first-order valence-corrected chi connectivity index (χ1v) is 9.77. The molecule has 0 aromatic heterocycles. The molecule has 0 spiro atoms. The number of nitrogens with one attached hydrogen (secondary N) is 1. The molecule has 0 bridgehead atoms. The van der Waals surface area contributed by atoms with Crippen molar-refractivity contribution in [2.45, 2.75) is 0 Å². The lowest BCUT2D eigenvalue weighted by molar-refractivity contribution is 0.102. The molecule has 0 heterocycles. The number of para-hydroxylation sites is 2. The van der Waals surface area contributed by atoms with Crippen LogP contribution >= 0.6 is 22.6 Å². The molecule has 0 aliphatic heterocycles. The molecule has 0 radical (unpaired) electrons. The van der Waals surface area contributed by atoms with E-state index >= 15 is 0 Å². The van der Waals surface area contributed by atoms with E-state index in [1.165, 1.54) is 7.11 Å². The van der Waals surface area contributed by atoms with Crippen molar-refractivity contribution in [1.82, 2.24) is 0 Å². The Morgan fingerprint density at radius 2 is 1.48 bits per heavy atom. The van der Waals surface area contributed by atoms with E-state index in [1.54, 1.807) is 50.6 Å². The molecule has 3 aromatic carbocycles. The Morgan fingerprint density at radius 3 is 2.10 bits per heavy atom. The average Bonchev–Trinajstić information content (AvgIpc) is 2.74. The van der Waals surface area contributed by atoms with Gasteiger partial charge in [-0.3, -0.25) is 4.79 Å². The number of halogens is 1. The van der Waals surface area contributed by atoms with E-state index in [1.807, 2.05) is 24.3 Å². The van der Waals surface area contributed by atoms with Crippen LogP contribution in [0.2, 0.25) is 0 Å². The molecule has 0 saturated carbocycles. The minimum atomic E-state index is -0.248. The SMILES string of the molecule is COc1ccccc1Oc1ccc(NC(=O)c2cc(I)c(OC)c(OC)c2)cc1. The average molecular weight is 505 g/mol. The van der Waals surface area contributed by atoms with Crippen molar-refractivity contribution in [2.24, 2.45) is 0 Å². The van der Waals surface area contributed by atoms with E-state index in [2.05, 4.69) is 27.9 Å². The Labute approximate surface area is 182 Å². The van der Waals surface area contributed by atoms with Gasteiger partial charge in [-0.2, -0.15) is 0 Å². The molecule has 150 valence electrons. The topological polar surface area (TPSA) is 66.0 Å². The number of anilines is 1. The van der Waals surface area contributed by atoms with E-state index in [0.717, 1.165) is 3.57 Å². The molecule has 0 fully saturated rings. The zero-order chi connectivity index (χ0) is 20.8. The predicted octanol–water partition coefficient (Wildman–Crippen LogP) is 5.36. The van der Waals surface area contributed by atoms with E-state index < -0.39 is 0 Å². The normalized spacial score (nSPS) is 10.2. The van der Waals surface area contributed by atoms with Crippen LogP contribution < -0.4 is 24.3 Å². The van der Waals surface area contributed by atoms with Gasteiger partial charge in [-0.1, -0.05) is 12.1 Å². The first-order valence-electron chi connectivity index (χ1n) is 8.69. The lowest BCUT2D eigenvalue weighted by atomic mass is 10.2. The first kappa shape index (κ1) is 20.8. The van der Waals surface area contributed by atoms with Gasteiger partial charge in [-0.15, -0.1) is 0 Å². The molecule has 1 amide bonds. The van der Waals surface area contributed by atoms with Gasteiger partial charge in [-0.05, 0) is 71.1 Å². The second-order valence-electron chi connectivity index (χ2n) is 5.93. The van der Waals surface area contributed by atoms with Crippen molar-refractivity contribution in [3.05, 3.63) is 69.8 Å². The Hall–Kier alpha value is -2.94. The third kappa shape index (κ3) is 4.92. The highest BCUT2D eigenvalue weighted by Crippen LogP contribution is 2.34. The van der Waals surface area contributed by atoms with Crippen LogP contribution in [-0.2, 0) is 0 Å². The fraction of sp³-hybridized carbons (Fsp3) is 0.136. The van der Waals surface area contributed by atoms with E-state index in [4.69, 9.17) is 18.9 Å². The van der Waals surface area contributed by atoms with Crippen molar-refractivity contribution in [3.8, 4) is 28.7 Å². The Morgan fingerprint density at radius 1 is 0.828 bits per heavy atom. The highest BCUT2D eigenvalue weighted by molar-refractivity contribution is 14.1. The summed E-state index contributed by atoms with van der Waals surface area (Å²) < 4.78 is 22.5. The van der Waals surface area contributed by atoms with Gasteiger partial charge in [0.15, 0.2) is 23.0 Å². The Balaban J connectivity index is 1.73. The van der Waals surface area contributed by atoms with Gasteiger partial charge in [0.2, 0.25) is 0 Å². The van der Waals surface area contributed by atoms with E-state index in [9.17, 15) is 4.79 Å². The van der Waals surface area contributed by atoms with E-state index in [0.29, 0.717) is 40.0 Å². The number of hydrogen-bond donors (Lipinski definition) is 1. The summed E-state index contributed by atoms with van der Waals surface area (Å²) in [5, 5.41) is 2.87. The van der Waals surface area contributed by atoms with E-state index in [-0.39, 0.29) is 5.91 Å². The third-order valence-electron chi connectivity index (χ3n) is 4.10. The zero-order valence-electron chi connectivity index (χ0n) is 16.2. The Bertz CT molecular complexity index is 1000. The van der Waals surface area contributed by atoms with Crippen molar-refractivity contribution < 1.29 is 23.7 Å². The van der Waals surface area contributed by atoms with Gasteiger partial charge in [0.05, 0.1) is 24.9 Å². The van der Waals surface area contributed by atoms with Crippen molar-refractivity contribution in [3.63, 3.8) is 0 Å². The lowest BCUT2D eigenvalue weighted by Crippen LogP contribution is -2.12. The van der Waals surface area contributed by atoms with Gasteiger partial charge in [0, 0.05) is 11.3 Å². The summed E-state index contributed by atoms with van der Waals surface area (Å²) in [4.78, 5) is 12.6. The maximum atomic E-state index is 12.6. The molecule has 0 aliphatic carbocycles. The largest absolute Gasteiger partial charge is 0.493 e. The van der Waals surface area contributed by atoms with Crippen LogP contribution in [0.5, 0.6) is 28.7 Å². The molecule has 3 rings (SSSR count). The van der Waals surface area contributed by atoms with Gasteiger partial charge in [0.25, 0.3) is 5.91 Å². The highest BCUT2D eigenvalue weighted by Gasteiger charge is 2.15. The van der Waals surface area contributed by atoms with Crippen molar-refractivity contribution >= 4 is 34.2 Å². The van der Waals surface area contributed by atoms with Crippen LogP contribution in [0.3, 0.4) is 0 Å². The maximum Gasteiger partial charge on any atom is 0.255 e. The summed E-state index contributed by atoms with van der Waals surface area (Å²) in [6.45, 7) is 0. The second kappa shape index (κ2) is 9.51. The third-order valence-corrected chi connectivity index (χ3v) is 4.91. The molecular weight excluding hydrogens is 485 g/mol. The molecule has 6 nitrogen and oxygen atoms in total. The number of benzene rings is 3. The molecule has 29 heavy (non-hydrogen) atoms. The first-order chi connectivity index (χ1) is 14.0. The molecule has 0 atom stereocenters. The number of ether oxygens (including phenoxy) is 4. The quantitative estimate of drug-likeness (QED) is 0.438. The van der Waals surface area contributed by atoms with Gasteiger partial charge in [-0.25, -0.2) is 0 Å². The molecule has 0 saturated heterocycles.